The minimum Gasteiger partial charge on any atom is -0.497 e. The highest BCUT2D eigenvalue weighted by Crippen LogP contribution is 2.15. The highest BCUT2D eigenvalue weighted by Gasteiger charge is 2.20. The maximum Gasteiger partial charge on any atom is 0.118 e. The van der Waals surface area contributed by atoms with Gasteiger partial charge in [0, 0.05) is 19.1 Å². The molecule has 0 aromatic heterocycles. The Morgan fingerprint density at radius 2 is 1.89 bits per heavy atom. The van der Waals surface area contributed by atoms with E-state index in [2.05, 4.69) is 17.0 Å². The van der Waals surface area contributed by atoms with Crippen LogP contribution in [0.2, 0.25) is 0 Å². The monoisotopic (exact) mass is 287 g/mol. The number of hydrogen-bond acceptors (Lipinski definition) is 4. The third-order valence-electron chi connectivity index (χ3n) is 3.40. The number of hydrogen-bond donors (Lipinski definition) is 1. The number of aliphatic hydroxyl groups excluding tert-OH is 1. The Labute approximate surface area is 120 Å². The fourth-order valence-corrected chi connectivity index (χ4v) is 2.29. The van der Waals surface area contributed by atoms with E-state index >= 15 is 0 Å². The molecule has 0 bridgehead atoms. The molecule has 1 aliphatic rings. The van der Waals surface area contributed by atoms with Gasteiger partial charge in [-0.25, -0.2) is 0 Å². The summed E-state index contributed by atoms with van der Waals surface area (Å²) in [7, 11) is 1.67. The third kappa shape index (κ3) is 4.66. The smallest absolute Gasteiger partial charge is 0.118 e. The van der Waals surface area contributed by atoms with Crippen molar-refractivity contribution in [3.05, 3.63) is 29.8 Å². The summed E-state index contributed by atoms with van der Waals surface area (Å²) in [6.07, 6.45) is 0.862. The lowest BCUT2D eigenvalue weighted by Crippen LogP contribution is -2.46. The average Bonchev–Trinajstić information content (AvgIpc) is 2.46. The largest absolute Gasteiger partial charge is 0.497 e. The van der Waals surface area contributed by atoms with E-state index in [1.165, 1.54) is 5.56 Å². The van der Waals surface area contributed by atoms with Gasteiger partial charge in [-0.1, -0.05) is 12.1 Å². The minimum absolute atomic E-state index is 0. The molecule has 1 aliphatic heterocycles. The number of methoxy groups -OCH3 is 1. The summed E-state index contributed by atoms with van der Waals surface area (Å²) in [5.74, 6) is 0.866. The van der Waals surface area contributed by atoms with Crippen molar-refractivity contribution in [3.8, 4) is 5.75 Å². The zero-order valence-corrected chi connectivity index (χ0v) is 12.1. The molecule has 0 amide bonds. The molecule has 1 heterocycles. The molecule has 0 spiro atoms. The van der Waals surface area contributed by atoms with E-state index in [1.807, 2.05) is 12.1 Å². The predicted molar refractivity (Wildman–Crippen MR) is 77.2 cm³/mol. The third-order valence-corrected chi connectivity index (χ3v) is 3.40. The Hall–Kier alpha value is -0.810. The van der Waals surface area contributed by atoms with Crippen LogP contribution in [0.1, 0.15) is 5.56 Å². The zero-order valence-electron chi connectivity index (χ0n) is 11.2. The molecule has 1 atom stereocenters. The molecule has 19 heavy (non-hydrogen) atoms. The lowest BCUT2D eigenvalue weighted by atomic mass is 10.0. The molecule has 5 heteroatoms. The molecule has 0 radical (unpaired) electrons. The first kappa shape index (κ1) is 16.2. The van der Waals surface area contributed by atoms with Gasteiger partial charge in [-0.05, 0) is 24.1 Å². The second-order valence-corrected chi connectivity index (χ2v) is 4.54. The van der Waals surface area contributed by atoms with E-state index < -0.39 is 0 Å². The molecule has 1 N–H and O–H groups in total. The Kier molecular flexibility index (Phi) is 7.16. The Morgan fingerprint density at radius 1 is 1.26 bits per heavy atom. The molecule has 1 aromatic rings. The summed E-state index contributed by atoms with van der Waals surface area (Å²) < 4.78 is 10.5. The lowest BCUT2D eigenvalue weighted by molar-refractivity contribution is 0.00341. The van der Waals surface area contributed by atoms with E-state index in [9.17, 15) is 5.11 Å². The van der Waals surface area contributed by atoms with Gasteiger partial charge in [-0.3, -0.25) is 4.90 Å². The van der Waals surface area contributed by atoms with Gasteiger partial charge >= 0.3 is 0 Å². The van der Waals surface area contributed by atoms with Crippen LogP contribution in [0.25, 0.3) is 0 Å². The van der Waals surface area contributed by atoms with Crippen LogP contribution in [-0.2, 0) is 11.2 Å². The summed E-state index contributed by atoms with van der Waals surface area (Å²) in [5, 5.41) is 9.53. The molecular weight excluding hydrogens is 266 g/mol. The average molecular weight is 288 g/mol. The van der Waals surface area contributed by atoms with Gasteiger partial charge in [0.05, 0.1) is 26.9 Å². The normalized spacial score (nSPS) is 17.6. The van der Waals surface area contributed by atoms with Crippen LogP contribution in [-0.4, -0.2) is 56.1 Å². The van der Waals surface area contributed by atoms with Crippen molar-refractivity contribution in [2.24, 2.45) is 0 Å². The van der Waals surface area contributed by atoms with Crippen molar-refractivity contribution >= 4 is 12.4 Å². The second kappa shape index (κ2) is 8.38. The van der Waals surface area contributed by atoms with E-state index in [1.54, 1.807) is 7.11 Å². The van der Waals surface area contributed by atoms with Gasteiger partial charge in [0.1, 0.15) is 5.75 Å². The number of benzene rings is 1. The summed E-state index contributed by atoms with van der Waals surface area (Å²) in [6, 6.07) is 8.22. The van der Waals surface area contributed by atoms with Crippen LogP contribution >= 0.6 is 12.4 Å². The molecular formula is C14H22ClNO3. The number of ether oxygens (including phenoxy) is 2. The first-order chi connectivity index (χ1) is 8.83. The maximum absolute atomic E-state index is 9.53. The quantitative estimate of drug-likeness (QED) is 0.888. The van der Waals surface area contributed by atoms with Crippen LogP contribution in [0.3, 0.4) is 0 Å². The molecule has 1 aromatic carbocycles. The molecule has 1 saturated heterocycles. The molecule has 1 fully saturated rings. The Balaban J connectivity index is 0.00000180. The molecule has 2 rings (SSSR count). The minimum atomic E-state index is 0. The first-order valence-electron chi connectivity index (χ1n) is 6.39. The summed E-state index contributed by atoms with van der Waals surface area (Å²) >= 11 is 0. The van der Waals surface area contributed by atoms with Gasteiger partial charge in [0.2, 0.25) is 0 Å². The summed E-state index contributed by atoms with van der Waals surface area (Å²) in [6.45, 7) is 3.52. The van der Waals surface area contributed by atoms with Crippen molar-refractivity contribution in [1.29, 1.82) is 0 Å². The number of rotatable bonds is 5. The molecule has 0 saturated carbocycles. The first-order valence-corrected chi connectivity index (χ1v) is 6.39. The maximum atomic E-state index is 9.53. The van der Waals surface area contributed by atoms with Gasteiger partial charge in [0.25, 0.3) is 0 Å². The fraction of sp³-hybridized carbons (Fsp3) is 0.571. The van der Waals surface area contributed by atoms with Crippen LogP contribution < -0.4 is 4.74 Å². The van der Waals surface area contributed by atoms with Crippen molar-refractivity contribution in [2.75, 3.05) is 40.0 Å². The van der Waals surface area contributed by atoms with Crippen LogP contribution in [0.4, 0.5) is 0 Å². The van der Waals surface area contributed by atoms with Crippen LogP contribution in [0.15, 0.2) is 24.3 Å². The van der Waals surface area contributed by atoms with E-state index in [-0.39, 0.29) is 25.1 Å². The molecule has 0 aliphatic carbocycles. The van der Waals surface area contributed by atoms with E-state index in [0.717, 1.165) is 38.5 Å². The molecule has 108 valence electrons. The van der Waals surface area contributed by atoms with Crippen molar-refractivity contribution in [3.63, 3.8) is 0 Å². The number of morpholine rings is 1. The van der Waals surface area contributed by atoms with Gasteiger partial charge in [-0.15, -0.1) is 12.4 Å². The Morgan fingerprint density at radius 3 is 2.42 bits per heavy atom. The fourth-order valence-electron chi connectivity index (χ4n) is 2.29. The summed E-state index contributed by atoms with van der Waals surface area (Å²) in [4.78, 5) is 2.30. The van der Waals surface area contributed by atoms with Crippen molar-refractivity contribution < 1.29 is 14.6 Å². The Bertz CT molecular complexity index is 352. The highest BCUT2D eigenvalue weighted by molar-refractivity contribution is 5.85. The van der Waals surface area contributed by atoms with Crippen LogP contribution in [0.5, 0.6) is 5.75 Å². The van der Waals surface area contributed by atoms with E-state index in [0.29, 0.717) is 0 Å². The van der Waals surface area contributed by atoms with Crippen molar-refractivity contribution in [2.45, 2.75) is 12.5 Å². The molecule has 1 unspecified atom stereocenters. The van der Waals surface area contributed by atoms with Crippen LogP contribution in [0, 0.1) is 0 Å². The number of aliphatic hydroxyl groups is 1. The number of nitrogens with zero attached hydrogens (tertiary/aromatic N) is 1. The standard InChI is InChI=1S/C14H21NO3.ClH/c1-17-14-4-2-12(3-5-14)10-13(11-16)15-6-8-18-9-7-15;/h2-5,13,16H,6-11H2,1H3;1H. The SMILES string of the molecule is COc1ccc(CC(CO)N2CCOCC2)cc1.Cl. The van der Waals surface area contributed by atoms with Crippen molar-refractivity contribution in [1.82, 2.24) is 4.90 Å². The van der Waals surface area contributed by atoms with E-state index in [4.69, 9.17) is 9.47 Å². The van der Waals surface area contributed by atoms with Gasteiger partial charge in [-0.2, -0.15) is 0 Å². The van der Waals surface area contributed by atoms with Gasteiger partial charge in [0.15, 0.2) is 0 Å². The highest BCUT2D eigenvalue weighted by atomic mass is 35.5. The van der Waals surface area contributed by atoms with Gasteiger partial charge < -0.3 is 14.6 Å². The lowest BCUT2D eigenvalue weighted by Gasteiger charge is -2.33. The topological polar surface area (TPSA) is 41.9 Å². The predicted octanol–water partition coefficient (Wildman–Crippen LogP) is 1.35. The molecule has 4 nitrogen and oxygen atoms in total. The summed E-state index contributed by atoms with van der Waals surface area (Å²) in [5.41, 5.74) is 1.22. The zero-order chi connectivity index (χ0) is 12.8. The number of halogens is 1. The second-order valence-electron chi connectivity index (χ2n) is 4.54.